The van der Waals surface area contributed by atoms with E-state index in [1.165, 1.54) is 11.3 Å². The summed E-state index contributed by atoms with van der Waals surface area (Å²) >= 11 is 1.38. The molecule has 6 nitrogen and oxygen atoms in total. The van der Waals surface area contributed by atoms with Crippen LogP contribution in [0.5, 0.6) is 0 Å². The van der Waals surface area contributed by atoms with Crippen molar-refractivity contribution in [3.63, 3.8) is 0 Å². The normalized spacial score (nSPS) is 10.9. The predicted octanol–water partition coefficient (Wildman–Crippen LogP) is 3.27. The van der Waals surface area contributed by atoms with Gasteiger partial charge in [-0.3, -0.25) is 15.2 Å². The Labute approximate surface area is 129 Å². The highest BCUT2D eigenvalue weighted by atomic mass is 32.1. The number of nitrogens with one attached hydrogen (secondary N) is 3. The van der Waals surface area contributed by atoms with Crippen LogP contribution in [0.4, 0.5) is 5.13 Å². The first-order valence-electron chi connectivity index (χ1n) is 6.65. The second kappa shape index (κ2) is 5.12. The van der Waals surface area contributed by atoms with Crippen LogP contribution in [-0.4, -0.2) is 26.1 Å². The number of aromatic amines is 2. The molecule has 0 atom stereocenters. The molecule has 0 radical (unpaired) electrons. The summed E-state index contributed by atoms with van der Waals surface area (Å²) in [7, 11) is 0. The lowest BCUT2D eigenvalue weighted by Crippen LogP contribution is -2.12. The van der Waals surface area contributed by atoms with Gasteiger partial charge in [0, 0.05) is 17.0 Å². The number of nitrogens with zero attached hydrogens (tertiary/aromatic N) is 2. The van der Waals surface area contributed by atoms with Crippen LogP contribution < -0.4 is 5.32 Å². The SMILES string of the molecule is O=C(Nc1nc(-c2ccc[nH]2)cs1)c1n[nH]c2ccccc12. The summed E-state index contributed by atoms with van der Waals surface area (Å²) in [5, 5.41) is 13.0. The van der Waals surface area contributed by atoms with E-state index >= 15 is 0 Å². The van der Waals surface area contributed by atoms with E-state index < -0.39 is 0 Å². The zero-order valence-electron chi connectivity index (χ0n) is 11.3. The van der Waals surface area contributed by atoms with Gasteiger partial charge >= 0.3 is 0 Å². The van der Waals surface area contributed by atoms with E-state index in [9.17, 15) is 4.79 Å². The number of carbonyl (C=O) groups is 1. The molecule has 108 valence electrons. The van der Waals surface area contributed by atoms with Crippen molar-refractivity contribution in [3.8, 4) is 11.4 Å². The third kappa shape index (κ3) is 2.17. The summed E-state index contributed by atoms with van der Waals surface area (Å²) in [4.78, 5) is 19.8. The van der Waals surface area contributed by atoms with E-state index in [1.54, 1.807) is 0 Å². The number of H-pyrrole nitrogens is 2. The van der Waals surface area contributed by atoms with E-state index in [4.69, 9.17) is 0 Å². The van der Waals surface area contributed by atoms with Crippen molar-refractivity contribution < 1.29 is 4.79 Å². The van der Waals surface area contributed by atoms with Gasteiger partial charge in [0.1, 0.15) is 0 Å². The molecule has 4 rings (SSSR count). The quantitative estimate of drug-likeness (QED) is 0.543. The Hall–Kier alpha value is -2.93. The highest BCUT2D eigenvalue weighted by molar-refractivity contribution is 7.14. The smallest absolute Gasteiger partial charge is 0.278 e. The molecule has 1 amide bonds. The fourth-order valence-electron chi connectivity index (χ4n) is 2.24. The van der Waals surface area contributed by atoms with Gasteiger partial charge in [0.05, 0.1) is 16.9 Å². The van der Waals surface area contributed by atoms with Gasteiger partial charge in [-0.15, -0.1) is 11.3 Å². The van der Waals surface area contributed by atoms with Gasteiger partial charge in [-0.25, -0.2) is 4.98 Å². The van der Waals surface area contributed by atoms with E-state index in [-0.39, 0.29) is 5.91 Å². The van der Waals surface area contributed by atoms with E-state index in [0.29, 0.717) is 10.8 Å². The predicted molar refractivity (Wildman–Crippen MR) is 85.9 cm³/mol. The topological polar surface area (TPSA) is 86.5 Å². The molecule has 3 N–H and O–H groups in total. The van der Waals surface area contributed by atoms with Gasteiger partial charge < -0.3 is 4.98 Å². The molecule has 0 unspecified atom stereocenters. The van der Waals surface area contributed by atoms with Gasteiger partial charge in [0.25, 0.3) is 5.91 Å². The average Bonchev–Trinajstić information content (AvgIpc) is 3.27. The van der Waals surface area contributed by atoms with Gasteiger partial charge in [-0.1, -0.05) is 18.2 Å². The number of anilines is 1. The molecule has 3 aromatic heterocycles. The van der Waals surface area contributed by atoms with Crippen LogP contribution in [0, 0.1) is 0 Å². The molecule has 1 aromatic carbocycles. The van der Waals surface area contributed by atoms with Crippen molar-refractivity contribution in [3.05, 3.63) is 53.7 Å². The highest BCUT2D eigenvalue weighted by Crippen LogP contribution is 2.24. The van der Waals surface area contributed by atoms with Crippen LogP contribution in [0.25, 0.3) is 22.3 Å². The van der Waals surface area contributed by atoms with Crippen LogP contribution >= 0.6 is 11.3 Å². The molecular weight excluding hydrogens is 298 g/mol. The van der Waals surface area contributed by atoms with E-state index in [1.807, 2.05) is 48.0 Å². The van der Waals surface area contributed by atoms with Crippen molar-refractivity contribution in [1.29, 1.82) is 0 Å². The first-order chi connectivity index (χ1) is 10.8. The number of rotatable bonds is 3. The Morgan fingerprint density at radius 2 is 2.09 bits per heavy atom. The third-order valence-corrected chi connectivity index (χ3v) is 4.04. The molecule has 0 aliphatic heterocycles. The van der Waals surface area contributed by atoms with Crippen molar-refractivity contribution in [2.45, 2.75) is 0 Å². The fourth-order valence-corrected chi connectivity index (χ4v) is 2.94. The largest absolute Gasteiger partial charge is 0.360 e. The minimum atomic E-state index is -0.273. The number of hydrogen-bond acceptors (Lipinski definition) is 4. The number of benzene rings is 1. The van der Waals surface area contributed by atoms with Gasteiger partial charge in [-0.2, -0.15) is 5.10 Å². The third-order valence-electron chi connectivity index (χ3n) is 3.28. The molecule has 0 spiro atoms. The maximum absolute atomic E-state index is 12.4. The molecule has 0 saturated carbocycles. The lowest BCUT2D eigenvalue weighted by Gasteiger charge is -1.98. The van der Waals surface area contributed by atoms with Gasteiger partial charge in [0.2, 0.25) is 0 Å². The van der Waals surface area contributed by atoms with E-state index in [2.05, 4.69) is 25.5 Å². The first kappa shape index (κ1) is 12.8. The number of aromatic nitrogens is 4. The van der Waals surface area contributed by atoms with Crippen LogP contribution in [0.2, 0.25) is 0 Å². The Morgan fingerprint density at radius 3 is 2.95 bits per heavy atom. The van der Waals surface area contributed by atoms with Crippen LogP contribution in [-0.2, 0) is 0 Å². The lowest BCUT2D eigenvalue weighted by atomic mass is 10.2. The van der Waals surface area contributed by atoms with Crippen LogP contribution in [0.1, 0.15) is 10.5 Å². The first-order valence-corrected chi connectivity index (χ1v) is 7.53. The number of thiazole rings is 1. The number of hydrogen-bond donors (Lipinski definition) is 3. The molecule has 0 saturated heterocycles. The lowest BCUT2D eigenvalue weighted by molar-refractivity contribution is 0.102. The number of para-hydroxylation sites is 1. The molecule has 0 aliphatic carbocycles. The Morgan fingerprint density at radius 1 is 1.18 bits per heavy atom. The second-order valence-corrected chi connectivity index (χ2v) is 5.55. The molecule has 0 aliphatic rings. The molecule has 22 heavy (non-hydrogen) atoms. The Kier molecular flexibility index (Phi) is 2.97. The van der Waals surface area contributed by atoms with E-state index in [0.717, 1.165) is 22.3 Å². The summed E-state index contributed by atoms with van der Waals surface area (Å²) < 4.78 is 0. The van der Waals surface area contributed by atoms with Gasteiger partial charge in [-0.05, 0) is 18.2 Å². The maximum Gasteiger partial charge on any atom is 0.278 e. The zero-order chi connectivity index (χ0) is 14.9. The van der Waals surface area contributed by atoms with Crippen LogP contribution in [0.3, 0.4) is 0 Å². The average molecular weight is 309 g/mol. The number of fused-ring (bicyclic) bond motifs is 1. The van der Waals surface area contributed by atoms with Crippen LogP contribution in [0.15, 0.2) is 48.0 Å². The molecule has 4 aromatic rings. The van der Waals surface area contributed by atoms with Crippen molar-refractivity contribution >= 4 is 33.3 Å². The Balaban J connectivity index is 1.60. The maximum atomic E-state index is 12.4. The van der Waals surface area contributed by atoms with Crippen molar-refractivity contribution in [1.82, 2.24) is 20.2 Å². The van der Waals surface area contributed by atoms with Crippen molar-refractivity contribution in [2.75, 3.05) is 5.32 Å². The fraction of sp³-hybridized carbons (Fsp3) is 0. The number of carbonyl (C=O) groups excluding carboxylic acids is 1. The molecular formula is C15H11N5OS. The molecule has 7 heteroatoms. The monoisotopic (exact) mass is 309 g/mol. The van der Waals surface area contributed by atoms with Gasteiger partial charge in [0.15, 0.2) is 10.8 Å². The molecule has 3 heterocycles. The zero-order valence-corrected chi connectivity index (χ0v) is 12.1. The standard InChI is InChI=1S/C15H11N5OS/c21-14(13-9-4-1-2-5-10(9)19-20-13)18-15-17-12(8-22-15)11-6-3-7-16-11/h1-8,16H,(H,19,20)(H,17,18,21). The second-order valence-electron chi connectivity index (χ2n) is 4.69. The van der Waals surface area contributed by atoms with Crippen molar-refractivity contribution in [2.24, 2.45) is 0 Å². The summed E-state index contributed by atoms with van der Waals surface area (Å²) in [6, 6.07) is 11.4. The number of amides is 1. The highest BCUT2D eigenvalue weighted by Gasteiger charge is 2.15. The molecule has 0 bridgehead atoms. The summed E-state index contributed by atoms with van der Waals surface area (Å²) in [5.41, 5.74) is 2.92. The minimum absolute atomic E-state index is 0.273. The summed E-state index contributed by atoms with van der Waals surface area (Å²) in [6.45, 7) is 0. The summed E-state index contributed by atoms with van der Waals surface area (Å²) in [5.74, 6) is -0.273. The Bertz CT molecular complexity index is 938. The molecule has 0 fully saturated rings. The summed E-state index contributed by atoms with van der Waals surface area (Å²) in [6.07, 6.45) is 1.84. The minimum Gasteiger partial charge on any atom is -0.360 e.